The number of hydrogen-bond acceptors (Lipinski definition) is 3. The summed E-state index contributed by atoms with van der Waals surface area (Å²) in [5.41, 5.74) is 8.22. The average molecular weight is 312 g/mol. The van der Waals surface area contributed by atoms with Crippen LogP contribution < -0.4 is 5.73 Å². The Morgan fingerprint density at radius 3 is 2.61 bits per heavy atom. The number of carbonyl (C=O) groups is 1. The molecule has 0 saturated carbocycles. The molecule has 1 aliphatic heterocycles. The molecular weight excluding hydrogens is 288 g/mol. The zero-order valence-electron chi connectivity index (χ0n) is 13.6. The topological polar surface area (TPSA) is 64.2 Å². The Bertz CT molecular complexity index is 628. The van der Waals surface area contributed by atoms with Crippen molar-refractivity contribution in [2.24, 2.45) is 11.7 Å². The standard InChI is InChI=1S/C18H24N4O/c1-14-3-5-16(6-4-14)17(19)18(23)21-11-7-15(8-12-21)13-22-10-2-9-20-22/h2-6,9-10,15,17H,7-8,11-13,19H2,1H3. The van der Waals surface area contributed by atoms with E-state index in [4.69, 9.17) is 5.73 Å². The lowest BCUT2D eigenvalue weighted by Gasteiger charge is -2.33. The molecular formula is C18H24N4O. The molecule has 5 heteroatoms. The fourth-order valence-electron chi connectivity index (χ4n) is 3.12. The fraction of sp³-hybridized carbons (Fsp3) is 0.444. The third kappa shape index (κ3) is 3.79. The van der Waals surface area contributed by atoms with Gasteiger partial charge in [-0.3, -0.25) is 9.48 Å². The lowest BCUT2D eigenvalue weighted by Crippen LogP contribution is -2.43. The van der Waals surface area contributed by atoms with E-state index < -0.39 is 6.04 Å². The van der Waals surface area contributed by atoms with Gasteiger partial charge in [-0.25, -0.2) is 0 Å². The molecule has 1 unspecified atom stereocenters. The number of nitrogens with two attached hydrogens (primary N) is 1. The molecule has 1 aliphatic rings. The van der Waals surface area contributed by atoms with Gasteiger partial charge in [-0.2, -0.15) is 5.10 Å². The Morgan fingerprint density at radius 2 is 2.00 bits per heavy atom. The first-order valence-electron chi connectivity index (χ1n) is 8.22. The third-order valence-corrected chi connectivity index (χ3v) is 4.63. The molecule has 1 atom stereocenters. The number of piperidine rings is 1. The molecule has 1 saturated heterocycles. The van der Waals surface area contributed by atoms with Crippen molar-refractivity contribution in [2.75, 3.05) is 13.1 Å². The normalized spacial score (nSPS) is 17.2. The molecule has 1 aromatic carbocycles. The van der Waals surface area contributed by atoms with Crippen molar-refractivity contribution in [1.29, 1.82) is 0 Å². The second-order valence-corrected chi connectivity index (χ2v) is 6.39. The minimum atomic E-state index is -0.557. The van der Waals surface area contributed by atoms with Gasteiger partial charge in [0, 0.05) is 32.0 Å². The summed E-state index contributed by atoms with van der Waals surface area (Å²) in [4.78, 5) is 14.5. The van der Waals surface area contributed by atoms with Gasteiger partial charge in [0.25, 0.3) is 0 Å². The first-order valence-corrected chi connectivity index (χ1v) is 8.22. The number of nitrogens with zero attached hydrogens (tertiary/aromatic N) is 3. The number of rotatable bonds is 4. The fourth-order valence-corrected chi connectivity index (χ4v) is 3.12. The lowest BCUT2D eigenvalue weighted by molar-refractivity contribution is -0.134. The van der Waals surface area contributed by atoms with Gasteiger partial charge in [-0.15, -0.1) is 0 Å². The summed E-state index contributed by atoms with van der Waals surface area (Å²) in [7, 11) is 0. The molecule has 0 aliphatic carbocycles. The van der Waals surface area contributed by atoms with Crippen molar-refractivity contribution < 1.29 is 4.79 Å². The minimum absolute atomic E-state index is 0.0337. The van der Waals surface area contributed by atoms with E-state index >= 15 is 0 Å². The molecule has 2 aromatic rings. The second-order valence-electron chi connectivity index (χ2n) is 6.39. The minimum Gasteiger partial charge on any atom is -0.341 e. The Balaban J connectivity index is 1.54. The molecule has 1 aromatic heterocycles. The van der Waals surface area contributed by atoms with E-state index in [1.54, 1.807) is 6.20 Å². The Hall–Kier alpha value is -2.14. The van der Waals surface area contributed by atoms with E-state index in [1.807, 2.05) is 53.0 Å². The third-order valence-electron chi connectivity index (χ3n) is 4.63. The second kappa shape index (κ2) is 6.96. The van der Waals surface area contributed by atoms with Crippen LogP contribution in [0.15, 0.2) is 42.7 Å². The van der Waals surface area contributed by atoms with Gasteiger partial charge in [0.2, 0.25) is 5.91 Å². The largest absolute Gasteiger partial charge is 0.341 e. The highest BCUT2D eigenvalue weighted by Crippen LogP contribution is 2.22. The number of carbonyl (C=O) groups excluding carboxylic acids is 1. The number of benzene rings is 1. The van der Waals surface area contributed by atoms with Crippen LogP contribution in [0.4, 0.5) is 0 Å². The highest BCUT2D eigenvalue weighted by molar-refractivity contribution is 5.83. The smallest absolute Gasteiger partial charge is 0.244 e. The Labute approximate surface area is 137 Å². The summed E-state index contributed by atoms with van der Waals surface area (Å²) in [5, 5.41) is 4.26. The van der Waals surface area contributed by atoms with Crippen LogP contribution in [0, 0.1) is 12.8 Å². The van der Waals surface area contributed by atoms with Crippen LogP contribution >= 0.6 is 0 Å². The number of likely N-dealkylation sites (tertiary alicyclic amines) is 1. The van der Waals surface area contributed by atoms with Crippen molar-refractivity contribution in [3.63, 3.8) is 0 Å². The zero-order chi connectivity index (χ0) is 16.2. The quantitative estimate of drug-likeness (QED) is 0.940. The maximum absolute atomic E-state index is 12.6. The molecule has 122 valence electrons. The molecule has 0 radical (unpaired) electrons. The highest BCUT2D eigenvalue weighted by Gasteiger charge is 2.27. The number of aryl methyl sites for hydroxylation is 1. The van der Waals surface area contributed by atoms with E-state index in [0.717, 1.165) is 38.0 Å². The maximum Gasteiger partial charge on any atom is 0.244 e. The monoisotopic (exact) mass is 312 g/mol. The molecule has 23 heavy (non-hydrogen) atoms. The molecule has 0 bridgehead atoms. The van der Waals surface area contributed by atoms with Gasteiger partial charge in [0.1, 0.15) is 6.04 Å². The summed E-state index contributed by atoms with van der Waals surface area (Å²) >= 11 is 0. The van der Waals surface area contributed by atoms with E-state index in [1.165, 1.54) is 5.56 Å². The molecule has 1 amide bonds. The summed E-state index contributed by atoms with van der Waals surface area (Å²) in [6.45, 7) is 4.52. The van der Waals surface area contributed by atoms with Crippen LogP contribution in [0.3, 0.4) is 0 Å². The van der Waals surface area contributed by atoms with Crippen molar-refractivity contribution in [1.82, 2.24) is 14.7 Å². The van der Waals surface area contributed by atoms with Gasteiger partial charge >= 0.3 is 0 Å². The molecule has 5 nitrogen and oxygen atoms in total. The Kier molecular flexibility index (Phi) is 4.76. The zero-order valence-corrected chi connectivity index (χ0v) is 13.6. The van der Waals surface area contributed by atoms with Gasteiger partial charge in [-0.1, -0.05) is 29.8 Å². The van der Waals surface area contributed by atoms with Crippen LogP contribution in [-0.4, -0.2) is 33.7 Å². The number of aromatic nitrogens is 2. The van der Waals surface area contributed by atoms with E-state index in [-0.39, 0.29) is 5.91 Å². The highest BCUT2D eigenvalue weighted by atomic mass is 16.2. The summed E-state index contributed by atoms with van der Waals surface area (Å²) in [6, 6.07) is 9.28. The van der Waals surface area contributed by atoms with Crippen LogP contribution in [0.25, 0.3) is 0 Å². The van der Waals surface area contributed by atoms with Crippen molar-refractivity contribution >= 4 is 5.91 Å². The maximum atomic E-state index is 12.6. The predicted molar refractivity (Wildman–Crippen MR) is 89.6 cm³/mol. The van der Waals surface area contributed by atoms with Crippen LogP contribution in [0.2, 0.25) is 0 Å². The van der Waals surface area contributed by atoms with E-state index in [2.05, 4.69) is 5.10 Å². The van der Waals surface area contributed by atoms with Crippen LogP contribution in [0.1, 0.15) is 30.0 Å². The SMILES string of the molecule is Cc1ccc(C(N)C(=O)N2CCC(Cn3cccn3)CC2)cc1. The van der Waals surface area contributed by atoms with Crippen molar-refractivity contribution in [3.8, 4) is 0 Å². The molecule has 2 N–H and O–H groups in total. The van der Waals surface area contributed by atoms with Crippen LogP contribution in [0.5, 0.6) is 0 Å². The Morgan fingerprint density at radius 1 is 1.30 bits per heavy atom. The summed E-state index contributed by atoms with van der Waals surface area (Å²) < 4.78 is 1.97. The van der Waals surface area contributed by atoms with Crippen molar-refractivity contribution in [2.45, 2.75) is 32.4 Å². The summed E-state index contributed by atoms with van der Waals surface area (Å²) in [5.74, 6) is 0.612. The molecule has 3 rings (SSSR count). The predicted octanol–water partition coefficient (Wildman–Crippen LogP) is 2.13. The molecule has 0 spiro atoms. The van der Waals surface area contributed by atoms with Gasteiger partial charge in [0.05, 0.1) is 0 Å². The van der Waals surface area contributed by atoms with Gasteiger partial charge in [0.15, 0.2) is 0 Å². The van der Waals surface area contributed by atoms with Gasteiger partial charge < -0.3 is 10.6 Å². The lowest BCUT2D eigenvalue weighted by atomic mass is 9.95. The van der Waals surface area contributed by atoms with Crippen molar-refractivity contribution in [3.05, 3.63) is 53.9 Å². The first kappa shape index (κ1) is 15.7. The summed E-state index contributed by atoms with van der Waals surface area (Å²) in [6.07, 6.45) is 5.81. The van der Waals surface area contributed by atoms with E-state index in [9.17, 15) is 4.79 Å². The molecule has 1 fully saturated rings. The average Bonchev–Trinajstić information content (AvgIpc) is 3.08. The van der Waals surface area contributed by atoms with Gasteiger partial charge in [-0.05, 0) is 37.3 Å². The number of hydrogen-bond donors (Lipinski definition) is 1. The van der Waals surface area contributed by atoms with Crippen LogP contribution in [-0.2, 0) is 11.3 Å². The first-order chi connectivity index (χ1) is 11.1. The van der Waals surface area contributed by atoms with E-state index in [0.29, 0.717) is 5.92 Å². The molecule has 2 heterocycles. The number of amides is 1.